The molecule has 1 amide bonds. The van der Waals surface area contributed by atoms with Gasteiger partial charge in [0.25, 0.3) is 5.91 Å². The zero-order valence-electron chi connectivity index (χ0n) is 19.2. The van der Waals surface area contributed by atoms with Crippen LogP contribution in [-0.4, -0.2) is 37.1 Å². The van der Waals surface area contributed by atoms with Crippen LogP contribution in [0.1, 0.15) is 53.9 Å². The lowest BCUT2D eigenvalue weighted by molar-refractivity contribution is -0.222. The van der Waals surface area contributed by atoms with E-state index in [0.29, 0.717) is 16.9 Å². The number of amides is 1. The van der Waals surface area contributed by atoms with Crippen molar-refractivity contribution in [2.75, 3.05) is 0 Å². The summed E-state index contributed by atoms with van der Waals surface area (Å²) in [6, 6.07) is 8.38. The molecule has 8 nitrogen and oxygen atoms in total. The number of hydrogen-bond acceptors (Lipinski definition) is 6. The molecule has 0 spiro atoms. The minimum Gasteiger partial charge on any atom is -0.382 e. The molecule has 184 valence electrons. The average molecular weight is 495 g/mol. The summed E-state index contributed by atoms with van der Waals surface area (Å²) in [5.74, 6) is -0.585. The largest absolute Gasteiger partial charge is 0.382 e. The Morgan fingerprint density at radius 3 is 2.61 bits per heavy atom. The molecule has 2 bridgehead atoms. The molecule has 2 unspecified atom stereocenters. The van der Waals surface area contributed by atoms with Crippen LogP contribution >= 0.6 is 0 Å². The van der Waals surface area contributed by atoms with Crippen LogP contribution in [0.5, 0.6) is 0 Å². The third kappa shape index (κ3) is 3.23. The lowest BCUT2D eigenvalue weighted by Gasteiger charge is -2.32. The number of carbonyl (C=O) groups excluding carboxylic acids is 1. The third-order valence-corrected chi connectivity index (χ3v) is 6.61. The summed E-state index contributed by atoms with van der Waals surface area (Å²) in [5, 5.41) is 13.0. The van der Waals surface area contributed by atoms with Gasteiger partial charge < -0.3 is 10.4 Å². The summed E-state index contributed by atoms with van der Waals surface area (Å²) >= 11 is 0. The van der Waals surface area contributed by atoms with Gasteiger partial charge in [0, 0.05) is 47.1 Å². The fraction of sp³-hybridized carbons (Fsp3) is 0.280. The number of carbonyl (C=O) groups is 1. The van der Waals surface area contributed by atoms with Gasteiger partial charge in [0.15, 0.2) is 11.5 Å². The maximum Gasteiger partial charge on any atom is 0.347 e. The van der Waals surface area contributed by atoms with Crippen molar-refractivity contribution in [2.24, 2.45) is 0 Å². The molecule has 2 aromatic heterocycles. The molecule has 2 aliphatic heterocycles. The van der Waals surface area contributed by atoms with Crippen LogP contribution in [0.4, 0.5) is 13.2 Å². The molecular formula is C25H20F3N5O3. The van der Waals surface area contributed by atoms with Gasteiger partial charge in [0.1, 0.15) is 17.2 Å². The lowest BCUT2D eigenvalue weighted by Crippen LogP contribution is -2.37. The van der Waals surface area contributed by atoms with E-state index in [-0.39, 0.29) is 34.5 Å². The van der Waals surface area contributed by atoms with Gasteiger partial charge in [-0.05, 0) is 26.0 Å². The highest BCUT2D eigenvalue weighted by Crippen LogP contribution is 2.50. The first-order valence-electron chi connectivity index (χ1n) is 11.2. The minimum atomic E-state index is -3.15. The van der Waals surface area contributed by atoms with Gasteiger partial charge in [0.05, 0.1) is 17.1 Å². The summed E-state index contributed by atoms with van der Waals surface area (Å²) in [7, 11) is 0. The molecule has 2 N–H and O–H groups in total. The second kappa shape index (κ2) is 7.58. The molecule has 4 aromatic rings. The summed E-state index contributed by atoms with van der Waals surface area (Å²) in [6.07, 6.45) is 2.76. The Morgan fingerprint density at radius 2 is 1.92 bits per heavy atom. The van der Waals surface area contributed by atoms with Crippen molar-refractivity contribution >= 4 is 16.9 Å². The van der Waals surface area contributed by atoms with Gasteiger partial charge in [0.2, 0.25) is 0 Å². The van der Waals surface area contributed by atoms with E-state index in [1.165, 1.54) is 42.9 Å². The number of hydrogen-bond donors (Lipinski definition) is 2. The number of nitrogens with one attached hydrogen (secondary N) is 1. The van der Waals surface area contributed by atoms with E-state index in [4.69, 9.17) is 4.74 Å². The van der Waals surface area contributed by atoms with Crippen LogP contribution in [-0.2, 0) is 16.1 Å². The Labute approximate surface area is 202 Å². The summed E-state index contributed by atoms with van der Waals surface area (Å²) in [4.78, 5) is 25.6. The maximum atomic E-state index is 15.2. The predicted molar refractivity (Wildman–Crippen MR) is 121 cm³/mol. The van der Waals surface area contributed by atoms with Crippen molar-refractivity contribution in [3.05, 3.63) is 77.4 Å². The van der Waals surface area contributed by atoms with Crippen molar-refractivity contribution in [1.29, 1.82) is 0 Å². The number of aliphatic hydroxyl groups is 1. The fourth-order valence-electron chi connectivity index (χ4n) is 5.11. The van der Waals surface area contributed by atoms with E-state index in [9.17, 15) is 18.7 Å². The van der Waals surface area contributed by atoms with Crippen LogP contribution in [0.15, 0.2) is 48.8 Å². The van der Waals surface area contributed by atoms with Crippen LogP contribution in [0.2, 0.25) is 0 Å². The summed E-state index contributed by atoms with van der Waals surface area (Å²) in [6.45, 7) is -0.0913. The van der Waals surface area contributed by atoms with Gasteiger partial charge in [-0.25, -0.2) is 19.3 Å². The molecule has 4 heterocycles. The number of benzene rings is 2. The van der Waals surface area contributed by atoms with Gasteiger partial charge in [-0.1, -0.05) is 18.2 Å². The van der Waals surface area contributed by atoms with E-state index in [1.54, 1.807) is 24.3 Å². The molecule has 2 atom stereocenters. The quantitative estimate of drug-likeness (QED) is 0.444. The second-order valence-corrected chi connectivity index (χ2v) is 9.42. The number of fused-ring (bicyclic) bond motifs is 9. The topological polar surface area (TPSA) is 102 Å². The third-order valence-electron chi connectivity index (χ3n) is 6.61. The van der Waals surface area contributed by atoms with Crippen LogP contribution < -0.4 is 5.32 Å². The minimum absolute atomic E-state index is 0.00549. The molecule has 36 heavy (non-hydrogen) atoms. The van der Waals surface area contributed by atoms with Crippen molar-refractivity contribution in [1.82, 2.24) is 24.8 Å². The summed E-state index contributed by atoms with van der Waals surface area (Å²) in [5.41, 5.74) is -1.51. The predicted octanol–water partition coefficient (Wildman–Crippen LogP) is 3.99. The van der Waals surface area contributed by atoms with E-state index < -0.39 is 35.7 Å². The smallest absolute Gasteiger partial charge is 0.347 e. The molecule has 0 saturated heterocycles. The number of ether oxygens (including phenoxy) is 1. The first-order valence-corrected chi connectivity index (χ1v) is 11.2. The first kappa shape index (κ1) is 22.6. The van der Waals surface area contributed by atoms with E-state index in [0.717, 1.165) is 0 Å². The molecule has 6 rings (SSSR count). The number of halogens is 3. The average Bonchev–Trinajstić information content (AvgIpc) is 3.29. The molecule has 0 aliphatic carbocycles. The standard InChI is InChI=1S/C25H20F3N5O3/c1-24(2,35)22-29-10-12(11-30-22)14-7-19-17(8-16(14)26)31-20-18-9-25(33(19)20,36-23(27)28)15-6-4-3-5-13(15)21(34)32-18/h3-8,10-11,18,23,35H,9H2,1-2H3,(H,32,34). The molecule has 0 saturated carbocycles. The number of rotatable bonds is 4. The van der Waals surface area contributed by atoms with Gasteiger partial charge in [-0.2, -0.15) is 8.78 Å². The van der Waals surface area contributed by atoms with Crippen molar-refractivity contribution in [2.45, 2.75) is 44.2 Å². The maximum absolute atomic E-state index is 15.2. The number of alkyl halides is 2. The Bertz CT molecular complexity index is 1530. The van der Waals surface area contributed by atoms with E-state index >= 15 is 4.39 Å². The van der Waals surface area contributed by atoms with Gasteiger partial charge in [-0.15, -0.1) is 0 Å². The second-order valence-electron chi connectivity index (χ2n) is 9.42. The van der Waals surface area contributed by atoms with Crippen molar-refractivity contribution < 1.29 is 27.8 Å². The normalized spacial score (nSPS) is 20.9. The fourth-order valence-corrected chi connectivity index (χ4v) is 5.11. The van der Waals surface area contributed by atoms with Crippen LogP contribution in [0.3, 0.4) is 0 Å². The van der Waals surface area contributed by atoms with Crippen molar-refractivity contribution in [3.63, 3.8) is 0 Å². The lowest BCUT2D eigenvalue weighted by atomic mass is 9.94. The van der Waals surface area contributed by atoms with E-state index in [1.807, 2.05) is 0 Å². The number of nitrogens with zero attached hydrogens (tertiary/aromatic N) is 4. The Morgan fingerprint density at radius 1 is 1.19 bits per heavy atom. The molecule has 0 radical (unpaired) electrons. The van der Waals surface area contributed by atoms with Crippen LogP contribution in [0.25, 0.3) is 22.2 Å². The number of aromatic nitrogens is 4. The van der Waals surface area contributed by atoms with E-state index in [2.05, 4.69) is 20.3 Å². The first-order chi connectivity index (χ1) is 17.1. The molecule has 2 aliphatic rings. The monoisotopic (exact) mass is 495 g/mol. The molecule has 2 aromatic carbocycles. The zero-order valence-corrected chi connectivity index (χ0v) is 19.2. The SMILES string of the molecule is CC(C)(O)c1ncc(-c2cc3c(cc2F)nc2n3C3(OC(F)F)CC2NC(=O)c2ccccc23)cn1. The summed E-state index contributed by atoms with van der Waals surface area (Å²) < 4.78 is 49.8. The molecule has 11 heteroatoms. The highest BCUT2D eigenvalue weighted by atomic mass is 19.3. The highest BCUT2D eigenvalue weighted by molar-refractivity contribution is 5.97. The van der Waals surface area contributed by atoms with Gasteiger partial charge in [-0.3, -0.25) is 14.1 Å². The Hall–Kier alpha value is -3.83. The zero-order chi connectivity index (χ0) is 25.4. The Kier molecular flexibility index (Phi) is 4.76. The van der Waals surface area contributed by atoms with Crippen LogP contribution in [0, 0.1) is 5.82 Å². The molecular weight excluding hydrogens is 475 g/mol. The highest BCUT2D eigenvalue weighted by Gasteiger charge is 2.53. The van der Waals surface area contributed by atoms with Gasteiger partial charge >= 0.3 is 6.61 Å². The van der Waals surface area contributed by atoms with Crippen molar-refractivity contribution in [3.8, 4) is 11.1 Å². The Balaban J connectivity index is 1.60. The molecule has 0 fully saturated rings. The number of imidazole rings is 1.